The number of fused-ring (bicyclic) bond motifs is 1. The van der Waals surface area contributed by atoms with E-state index in [1.807, 2.05) is 37.4 Å². The second kappa shape index (κ2) is 7.03. The number of ether oxygens (including phenoxy) is 1. The van der Waals surface area contributed by atoms with Crippen LogP contribution in [0.1, 0.15) is 11.3 Å². The number of aromatic nitrogens is 3. The van der Waals surface area contributed by atoms with Gasteiger partial charge in [0.2, 0.25) is 5.95 Å². The Balaban J connectivity index is 1.50. The molecule has 0 saturated carbocycles. The molecule has 1 aliphatic heterocycles. The van der Waals surface area contributed by atoms with Crippen LogP contribution in [0.4, 0.5) is 11.8 Å². The van der Waals surface area contributed by atoms with Crippen molar-refractivity contribution in [2.75, 3.05) is 36.5 Å². The molecule has 128 valence electrons. The molecule has 0 atom stereocenters. The molecule has 1 fully saturated rings. The Bertz CT molecular complexity index is 877. The standard InChI is InChI=1S/C19H21N5O/c1-14-10-18(23-19(22-14)24-6-8-25-9-7-24)21-13-15-11-16-4-2-3-5-17(16)20-12-15/h2-5,10-12H,6-9,13H2,1H3,(H,21,22,23). The van der Waals surface area contributed by atoms with Crippen LogP contribution in [-0.4, -0.2) is 41.3 Å². The molecule has 6 nitrogen and oxygen atoms in total. The number of rotatable bonds is 4. The first-order valence-corrected chi connectivity index (χ1v) is 8.54. The van der Waals surface area contributed by atoms with Crippen molar-refractivity contribution in [3.63, 3.8) is 0 Å². The second-order valence-corrected chi connectivity index (χ2v) is 6.18. The number of nitrogens with one attached hydrogen (secondary N) is 1. The Kier molecular flexibility index (Phi) is 4.43. The molecule has 0 amide bonds. The third kappa shape index (κ3) is 3.69. The molecule has 0 aliphatic carbocycles. The van der Waals surface area contributed by atoms with Crippen LogP contribution in [0, 0.1) is 6.92 Å². The third-order valence-corrected chi connectivity index (χ3v) is 4.26. The van der Waals surface area contributed by atoms with Gasteiger partial charge in [-0.05, 0) is 24.6 Å². The van der Waals surface area contributed by atoms with Crippen LogP contribution >= 0.6 is 0 Å². The number of nitrogens with zero attached hydrogens (tertiary/aromatic N) is 4. The molecule has 1 saturated heterocycles. The molecule has 1 aliphatic rings. The van der Waals surface area contributed by atoms with Gasteiger partial charge in [0.15, 0.2) is 0 Å². The van der Waals surface area contributed by atoms with Gasteiger partial charge < -0.3 is 15.0 Å². The zero-order valence-electron chi connectivity index (χ0n) is 14.3. The third-order valence-electron chi connectivity index (χ3n) is 4.26. The minimum atomic E-state index is 0.677. The van der Waals surface area contributed by atoms with Gasteiger partial charge in [0, 0.05) is 43.0 Å². The van der Waals surface area contributed by atoms with Gasteiger partial charge in [-0.1, -0.05) is 18.2 Å². The van der Waals surface area contributed by atoms with Gasteiger partial charge in [0.1, 0.15) is 5.82 Å². The first-order chi connectivity index (χ1) is 12.3. The molecule has 4 rings (SSSR count). The minimum Gasteiger partial charge on any atom is -0.378 e. The molecular formula is C19H21N5O. The molecule has 0 bridgehead atoms. The number of pyridine rings is 1. The number of anilines is 2. The summed E-state index contributed by atoms with van der Waals surface area (Å²) in [7, 11) is 0. The van der Waals surface area contributed by atoms with Gasteiger partial charge in [-0.15, -0.1) is 0 Å². The predicted octanol–water partition coefficient (Wildman–Crippen LogP) is 2.78. The van der Waals surface area contributed by atoms with E-state index in [0.29, 0.717) is 6.54 Å². The average Bonchev–Trinajstić information content (AvgIpc) is 2.66. The van der Waals surface area contributed by atoms with Crippen molar-refractivity contribution >= 4 is 22.7 Å². The molecule has 3 aromatic rings. The lowest BCUT2D eigenvalue weighted by Crippen LogP contribution is -2.37. The Labute approximate surface area is 146 Å². The molecule has 0 radical (unpaired) electrons. The van der Waals surface area contributed by atoms with Crippen molar-refractivity contribution in [1.82, 2.24) is 15.0 Å². The Morgan fingerprint density at radius 2 is 1.96 bits per heavy atom. The van der Waals surface area contributed by atoms with E-state index in [2.05, 4.69) is 37.3 Å². The van der Waals surface area contributed by atoms with E-state index in [-0.39, 0.29) is 0 Å². The van der Waals surface area contributed by atoms with E-state index in [0.717, 1.165) is 60.2 Å². The lowest BCUT2D eigenvalue weighted by molar-refractivity contribution is 0.122. The van der Waals surface area contributed by atoms with Gasteiger partial charge in [-0.25, -0.2) is 4.98 Å². The predicted molar refractivity (Wildman–Crippen MR) is 98.9 cm³/mol. The minimum absolute atomic E-state index is 0.677. The zero-order valence-corrected chi connectivity index (χ0v) is 14.3. The topological polar surface area (TPSA) is 63.2 Å². The van der Waals surface area contributed by atoms with Crippen LogP contribution in [0.25, 0.3) is 10.9 Å². The Morgan fingerprint density at radius 3 is 2.84 bits per heavy atom. The Hall–Kier alpha value is -2.73. The summed E-state index contributed by atoms with van der Waals surface area (Å²) < 4.78 is 5.40. The van der Waals surface area contributed by atoms with E-state index in [1.54, 1.807) is 0 Å². The summed E-state index contributed by atoms with van der Waals surface area (Å²) in [5.74, 6) is 1.60. The summed E-state index contributed by atoms with van der Waals surface area (Å²) in [5, 5.41) is 4.54. The van der Waals surface area contributed by atoms with E-state index >= 15 is 0 Å². The lowest BCUT2D eigenvalue weighted by Gasteiger charge is -2.27. The van der Waals surface area contributed by atoms with E-state index in [9.17, 15) is 0 Å². The first-order valence-electron chi connectivity index (χ1n) is 8.54. The quantitative estimate of drug-likeness (QED) is 0.791. The molecule has 25 heavy (non-hydrogen) atoms. The maximum absolute atomic E-state index is 5.40. The number of hydrogen-bond donors (Lipinski definition) is 1. The highest BCUT2D eigenvalue weighted by atomic mass is 16.5. The zero-order chi connectivity index (χ0) is 17.1. The number of benzene rings is 1. The first kappa shape index (κ1) is 15.8. The summed E-state index contributed by atoms with van der Waals surface area (Å²) >= 11 is 0. The summed E-state index contributed by atoms with van der Waals surface area (Å²) in [5.41, 5.74) is 3.09. The summed E-state index contributed by atoms with van der Waals surface area (Å²) in [6, 6.07) is 12.3. The maximum Gasteiger partial charge on any atom is 0.227 e. The normalized spacial score (nSPS) is 14.7. The van der Waals surface area contributed by atoms with E-state index in [1.165, 1.54) is 0 Å². The van der Waals surface area contributed by atoms with Crippen LogP contribution in [-0.2, 0) is 11.3 Å². The summed E-state index contributed by atoms with van der Waals surface area (Å²) in [4.78, 5) is 15.9. The fourth-order valence-corrected chi connectivity index (χ4v) is 2.95. The molecule has 1 N–H and O–H groups in total. The van der Waals surface area contributed by atoms with Crippen molar-refractivity contribution in [2.24, 2.45) is 0 Å². The highest BCUT2D eigenvalue weighted by Gasteiger charge is 2.14. The van der Waals surface area contributed by atoms with E-state index in [4.69, 9.17) is 4.74 Å². The highest BCUT2D eigenvalue weighted by Crippen LogP contribution is 2.17. The molecule has 0 unspecified atom stereocenters. The fourth-order valence-electron chi connectivity index (χ4n) is 2.95. The van der Waals surface area contributed by atoms with Gasteiger partial charge in [-0.3, -0.25) is 4.98 Å². The van der Waals surface area contributed by atoms with Crippen molar-refractivity contribution in [1.29, 1.82) is 0 Å². The lowest BCUT2D eigenvalue weighted by atomic mass is 10.1. The van der Waals surface area contributed by atoms with Crippen LogP contribution in [0.15, 0.2) is 42.6 Å². The molecule has 0 spiro atoms. The van der Waals surface area contributed by atoms with Crippen LogP contribution in [0.2, 0.25) is 0 Å². The number of hydrogen-bond acceptors (Lipinski definition) is 6. The van der Waals surface area contributed by atoms with Gasteiger partial charge in [-0.2, -0.15) is 4.98 Å². The smallest absolute Gasteiger partial charge is 0.227 e. The van der Waals surface area contributed by atoms with Crippen molar-refractivity contribution in [3.05, 3.63) is 53.9 Å². The maximum atomic E-state index is 5.40. The SMILES string of the molecule is Cc1cc(NCc2cnc3ccccc3c2)nc(N2CCOCC2)n1. The molecular weight excluding hydrogens is 314 g/mol. The summed E-state index contributed by atoms with van der Waals surface area (Å²) in [6.45, 7) is 5.78. The number of morpholine rings is 1. The van der Waals surface area contributed by atoms with Gasteiger partial charge in [0.25, 0.3) is 0 Å². The highest BCUT2D eigenvalue weighted by molar-refractivity contribution is 5.78. The number of para-hydroxylation sites is 1. The Morgan fingerprint density at radius 1 is 1.12 bits per heavy atom. The number of aryl methyl sites for hydroxylation is 1. The molecule has 1 aromatic carbocycles. The van der Waals surface area contributed by atoms with Crippen molar-refractivity contribution in [2.45, 2.75) is 13.5 Å². The van der Waals surface area contributed by atoms with E-state index < -0.39 is 0 Å². The van der Waals surface area contributed by atoms with Crippen LogP contribution in [0.5, 0.6) is 0 Å². The largest absolute Gasteiger partial charge is 0.378 e. The van der Waals surface area contributed by atoms with Crippen molar-refractivity contribution < 1.29 is 4.74 Å². The molecule has 2 aromatic heterocycles. The summed E-state index contributed by atoms with van der Waals surface area (Å²) in [6.07, 6.45) is 1.91. The van der Waals surface area contributed by atoms with Crippen molar-refractivity contribution in [3.8, 4) is 0 Å². The van der Waals surface area contributed by atoms with Crippen LogP contribution in [0.3, 0.4) is 0 Å². The monoisotopic (exact) mass is 335 g/mol. The average molecular weight is 335 g/mol. The van der Waals surface area contributed by atoms with Gasteiger partial charge >= 0.3 is 0 Å². The molecule has 3 heterocycles. The van der Waals surface area contributed by atoms with Crippen LogP contribution < -0.4 is 10.2 Å². The molecule has 6 heteroatoms. The fraction of sp³-hybridized carbons (Fsp3) is 0.316. The van der Waals surface area contributed by atoms with Gasteiger partial charge in [0.05, 0.1) is 18.7 Å². The second-order valence-electron chi connectivity index (χ2n) is 6.18.